The Hall–Kier alpha value is -1.74. The van der Waals surface area contributed by atoms with Crippen LogP contribution in [0.25, 0.3) is 0 Å². The first-order chi connectivity index (χ1) is 8.52. The molecule has 1 aliphatic heterocycles. The first-order valence-electron chi connectivity index (χ1n) is 6.29. The van der Waals surface area contributed by atoms with Crippen LogP contribution in [0.5, 0.6) is 0 Å². The second kappa shape index (κ2) is 4.86. The Morgan fingerprint density at radius 1 is 1.56 bits per heavy atom. The third-order valence-corrected chi connectivity index (χ3v) is 3.15. The molecule has 0 spiro atoms. The summed E-state index contributed by atoms with van der Waals surface area (Å²) >= 11 is 0. The summed E-state index contributed by atoms with van der Waals surface area (Å²) in [6, 6.07) is 2.32. The van der Waals surface area contributed by atoms with Gasteiger partial charge in [0.1, 0.15) is 17.5 Å². The average Bonchev–Trinajstić information content (AvgIpc) is 2.84. The normalized spacial score (nSPS) is 19.5. The molecular formula is C12H20N6. The van der Waals surface area contributed by atoms with Crippen LogP contribution >= 0.6 is 0 Å². The molecule has 0 amide bonds. The molecule has 1 aromatic rings. The summed E-state index contributed by atoms with van der Waals surface area (Å²) in [7, 11) is 0. The van der Waals surface area contributed by atoms with Gasteiger partial charge in [-0.05, 0) is 12.3 Å². The summed E-state index contributed by atoms with van der Waals surface area (Å²) in [5.41, 5.74) is 12.4. The van der Waals surface area contributed by atoms with Crippen LogP contribution < -0.4 is 16.4 Å². The topological polar surface area (TPSA) is 96.9 Å². The molecule has 0 aliphatic carbocycles. The predicted molar refractivity (Wildman–Crippen MR) is 71.0 cm³/mol. The number of nitrogen functional groups attached to an aromatic ring is 1. The highest BCUT2D eigenvalue weighted by atomic mass is 15.4. The lowest BCUT2D eigenvalue weighted by molar-refractivity contribution is 0.488. The van der Waals surface area contributed by atoms with Crippen LogP contribution in [0.2, 0.25) is 0 Å². The van der Waals surface area contributed by atoms with Crippen molar-refractivity contribution in [3.8, 4) is 6.07 Å². The molecule has 98 valence electrons. The van der Waals surface area contributed by atoms with E-state index in [4.69, 9.17) is 11.5 Å². The molecule has 1 saturated heterocycles. The molecule has 1 aliphatic rings. The molecule has 1 aromatic heterocycles. The van der Waals surface area contributed by atoms with Gasteiger partial charge < -0.3 is 16.4 Å². The number of hydrogen-bond acceptors (Lipinski definition) is 5. The zero-order chi connectivity index (χ0) is 13.3. The van der Waals surface area contributed by atoms with Crippen molar-refractivity contribution in [3.05, 3.63) is 5.56 Å². The highest BCUT2D eigenvalue weighted by Crippen LogP contribution is 2.27. The molecule has 0 bridgehead atoms. The lowest BCUT2D eigenvalue weighted by atomic mass is 10.2. The van der Waals surface area contributed by atoms with E-state index in [2.05, 4.69) is 29.9 Å². The summed E-state index contributed by atoms with van der Waals surface area (Å²) in [6.45, 7) is 6.50. The average molecular weight is 248 g/mol. The quantitative estimate of drug-likeness (QED) is 0.813. The number of rotatable bonds is 3. The SMILES string of the molecule is CC(C)Cn1nc(N2CCC(N)C2)c(C#N)c1N. The van der Waals surface area contributed by atoms with E-state index in [1.54, 1.807) is 4.68 Å². The van der Waals surface area contributed by atoms with Gasteiger partial charge in [0.2, 0.25) is 0 Å². The van der Waals surface area contributed by atoms with Crippen molar-refractivity contribution in [3.63, 3.8) is 0 Å². The van der Waals surface area contributed by atoms with Crippen molar-refractivity contribution in [2.75, 3.05) is 23.7 Å². The van der Waals surface area contributed by atoms with Crippen molar-refractivity contribution in [1.29, 1.82) is 5.26 Å². The van der Waals surface area contributed by atoms with Crippen LogP contribution in [0.1, 0.15) is 25.8 Å². The fourth-order valence-corrected chi connectivity index (χ4v) is 2.26. The van der Waals surface area contributed by atoms with E-state index in [0.717, 1.165) is 26.1 Å². The number of nitrogens with zero attached hydrogens (tertiary/aromatic N) is 4. The van der Waals surface area contributed by atoms with E-state index >= 15 is 0 Å². The Morgan fingerprint density at radius 3 is 2.78 bits per heavy atom. The minimum atomic E-state index is 0.160. The van der Waals surface area contributed by atoms with Crippen molar-refractivity contribution < 1.29 is 0 Å². The maximum Gasteiger partial charge on any atom is 0.170 e. The van der Waals surface area contributed by atoms with E-state index in [0.29, 0.717) is 23.1 Å². The second-order valence-electron chi connectivity index (χ2n) is 5.27. The number of nitriles is 1. The molecule has 1 atom stereocenters. The monoisotopic (exact) mass is 248 g/mol. The smallest absolute Gasteiger partial charge is 0.170 e. The molecule has 6 heteroatoms. The first-order valence-corrected chi connectivity index (χ1v) is 6.29. The fourth-order valence-electron chi connectivity index (χ4n) is 2.26. The number of anilines is 2. The third-order valence-electron chi connectivity index (χ3n) is 3.15. The Morgan fingerprint density at radius 2 is 2.28 bits per heavy atom. The minimum Gasteiger partial charge on any atom is -0.383 e. The third kappa shape index (κ3) is 2.27. The van der Waals surface area contributed by atoms with Crippen molar-refractivity contribution in [2.24, 2.45) is 11.7 Å². The Labute approximate surface area is 107 Å². The molecule has 0 saturated carbocycles. The van der Waals surface area contributed by atoms with Crippen molar-refractivity contribution >= 4 is 11.6 Å². The van der Waals surface area contributed by atoms with Crippen LogP contribution in [-0.2, 0) is 6.54 Å². The van der Waals surface area contributed by atoms with Crippen molar-refractivity contribution in [1.82, 2.24) is 9.78 Å². The van der Waals surface area contributed by atoms with E-state index in [9.17, 15) is 5.26 Å². The van der Waals surface area contributed by atoms with Crippen LogP contribution in [0.4, 0.5) is 11.6 Å². The van der Waals surface area contributed by atoms with Crippen LogP contribution in [0, 0.1) is 17.2 Å². The Bertz CT molecular complexity index is 470. The lowest BCUT2D eigenvalue weighted by Gasteiger charge is -2.14. The Balaban J connectivity index is 2.33. The van der Waals surface area contributed by atoms with Crippen LogP contribution in [0.3, 0.4) is 0 Å². The van der Waals surface area contributed by atoms with Gasteiger partial charge >= 0.3 is 0 Å². The van der Waals surface area contributed by atoms with Gasteiger partial charge in [0.25, 0.3) is 0 Å². The molecule has 1 fully saturated rings. The van der Waals surface area contributed by atoms with Crippen LogP contribution in [0.15, 0.2) is 0 Å². The molecule has 2 heterocycles. The maximum atomic E-state index is 9.23. The van der Waals surface area contributed by atoms with Gasteiger partial charge in [-0.2, -0.15) is 10.4 Å². The zero-order valence-corrected chi connectivity index (χ0v) is 10.9. The van der Waals surface area contributed by atoms with Gasteiger partial charge in [0, 0.05) is 25.7 Å². The Kier molecular flexibility index (Phi) is 3.43. The van der Waals surface area contributed by atoms with Gasteiger partial charge in [-0.15, -0.1) is 0 Å². The molecule has 18 heavy (non-hydrogen) atoms. The zero-order valence-electron chi connectivity index (χ0n) is 10.9. The largest absolute Gasteiger partial charge is 0.383 e. The fraction of sp³-hybridized carbons (Fsp3) is 0.667. The van der Waals surface area contributed by atoms with E-state index in [1.807, 2.05) is 0 Å². The lowest BCUT2D eigenvalue weighted by Crippen LogP contribution is -2.27. The predicted octanol–water partition coefficient (Wildman–Crippen LogP) is 0.530. The molecule has 6 nitrogen and oxygen atoms in total. The summed E-state index contributed by atoms with van der Waals surface area (Å²) in [5, 5.41) is 13.7. The second-order valence-corrected chi connectivity index (χ2v) is 5.27. The number of aromatic nitrogens is 2. The molecule has 4 N–H and O–H groups in total. The summed E-state index contributed by atoms with van der Waals surface area (Å²) in [5.74, 6) is 1.58. The van der Waals surface area contributed by atoms with Gasteiger partial charge in [-0.25, -0.2) is 4.68 Å². The van der Waals surface area contributed by atoms with Crippen molar-refractivity contribution in [2.45, 2.75) is 32.9 Å². The number of hydrogen-bond donors (Lipinski definition) is 2. The highest BCUT2D eigenvalue weighted by molar-refractivity contribution is 5.65. The summed E-state index contributed by atoms with van der Waals surface area (Å²) < 4.78 is 1.72. The highest BCUT2D eigenvalue weighted by Gasteiger charge is 2.26. The maximum absolute atomic E-state index is 9.23. The first kappa shape index (κ1) is 12.7. The summed E-state index contributed by atoms with van der Waals surface area (Å²) in [4.78, 5) is 2.05. The van der Waals surface area contributed by atoms with E-state index in [1.165, 1.54) is 0 Å². The molecule has 1 unspecified atom stereocenters. The minimum absolute atomic E-state index is 0.160. The summed E-state index contributed by atoms with van der Waals surface area (Å²) in [6.07, 6.45) is 0.932. The van der Waals surface area contributed by atoms with Gasteiger partial charge in [-0.3, -0.25) is 0 Å². The molecule has 0 aromatic carbocycles. The van der Waals surface area contributed by atoms with E-state index < -0.39 is 0 Å². The molecular weight excluding hydrogens is 228 g/mol. The van der Waals surface area contributed by atoms with Crippen LogP contribution in [-0.4, -0.2) is 28.9 Å². The standard InChI is InChI=1S/C12H20N6/c1-8(2)6-18-11(15)10(5-13)12(16-18)17-4-3-9(14)7-17/h8-9H,3-4,6-7,14-15H2,1-2H3. The molecule has 0 radical (unpaired) electrons. The van der Waals surface area contributed by atoms with Gasteiger partial charge in [-0.1, -0.05) is 13.8 Å². The van der Waals surface area contributed by atoms with Gasteiger partial charge in [0.15, 0.2) is 5.82 Å². The van der Waals surface area contributed by atoms with E-state index in [-0.39, 0.29) is 6.04 Å². The van der Waals surface area contributed by atoms with Gasteiger partial charge in [0.05, 0.1) is 0 Å². The molecule has 2 rings (SSSR count). The number of nitrogens with two attached hydrogens (primary N) is 2.